The first-order chi connectivity index (χ1) is 12.9. The lowest BCUT2D eigenvalue weighted by atomic mass is 10.1. The monoisotopic (exact) mass is 420 g/mol. The highest BCUT2D eigenvalue weighted by atomic mass is 35.5. The van der Waals surface area contributed by atoms with E-state index < -0.39 is 17.9 Å². The summed E-state index contributed by atoms with van der Waals surface area (Å²) in [6.45, 7) is 1.97. The third-order valence-electron chi connectivity index (χ3n) is 4.22. The van der Waals surface area contributed by atoms with Gasteiger partial charge in [-0.15, -0.1) is 0 Å². The molecule has 1 aromatic heterocycles. The van der Waals surface area contributed by atoms with E-state index in [4.69, 9.17) is 23.8 Å². The number of carbonyl (C=O) groups excluding carboxylic acids is 1. The molecule has 1 aliphatic rings. The van der Waals surface area contributed by atoms with Crippen molar-refractivity contribution in [1.82, 2.24) is 9.88 Å². The number of pyridine rings is 1. The van der Waals surface area contributed by atoms with Crippen LogP contribution in [0.3, 0.4) is 0 Å². The first kappa shape index (κ1) is 19.8. The van der Waals surface area contributed by atoms with E-state index >= 15 is 0 Å². The number of aromatic nitrogens is 1. The zero-order chi connectivity index (χ0) is 19.6. The van der Waals surface area contributed by atoms with Gasteiger partial charge in [-0.1, -0.05) is 73.5 Å². The predicted molar refractivity (Wildman–Crippen MR) is 113 cm³/mol. The summed E-state index contributed by atoms with van der Waals surface area (Å²) < 4.78 is 0.258. The molecule has 1 atom stereocenters. The summed E-state index contributed by atoms with van der Waals surface area (Å²) in [6, 6.07) is 8.23. The number of aliphatic carboxylic acids is 1. The van der Waals surface area contributed by atoms with Gasteiger partial charge in [-0.2, -0.15) is 0 Å². The van der Waals surface area contributed by atoms with Crippen LogP contribution in [0.4, 0.5) is 0 Å². The standard InChI is InChI=1S/C19H17ClN2O3S2/c1-2-3-7-14(18(24)25)22-17(23)15(27-19(22)26)10-12-9-8-11-5-4-6-13(20)16(11)21-12/h4-6,8-10,14H,2-3,7H2,1H3,(H,24,25)/b15-10+/t14-/m0/s1. The van der Waals surface area contributed by atoms with Crippen molar-refractivity contribution in [3.8, 4) is 0 Å². The number of thiocarbonyl (C=S) groups is 1. The molecule has 0 unspecified atom stereocenters. The van der Waals surface area contributed by atoms with E-state index in [1.54, 1.807) is 18.2 Å². The minimum atomic E-state index is -1.04. The number of thioether (sulfide) groups is 1. The summed E-state index contributed by atoms with van der Waals surface area (Å²) in [6.07, 6.45) is 3.55. The molecule has 2 aromatic rings. The molecule has 8 heteroatoms. The number of hydrogen-bond donors (Lipinski definition) is 1. The fraction of sp³-hybridized carbons (Fsp3) is 0.263. The Hall–Kier alpha value is -1.96. The molecule has 0 bridgehead atoms. The summed E-state index contributed by atoms with van der Waals surface area (Å²) in [7, 11) is 0. The minimum Gasteiger partial charge on any atom is -0.480 e. The van der Waals surface area contributed by atoms with Gasteiger partial charge in [-0.05, 0) is 24.6 Å². The maximum atomic E-state index is 12.8. The molecule has 1 aliphatic heterocycles. The Morgan fingerprint density at radius 2 is 2.19 bits per heavy atom. The largest absolute Gasteiger partial charge is 0.480 e. The van der Waals surface area contributed by atoms with Gasteiger partial charge in [0, 0.05) is 5.39 Å². The molecule has 1 amide bonds. The van der Waals surface area contributed by atoms with Crippen LogP contribution in [-0.4, -0.2) is 37.2 Å². The molecule has 5 nitrogen and oxygen atoms in total. The molecule has 1 aromatic carbocycles. The Morgan fingerprint density at radius 3 is 2.89 bits per heavy atom. The number of hydrogen-bond acceptors (Lipinski definition) is 5. The van der Waals surface area contributed by atoms with E-state index in [9.17, 15) is 14.7 Å². The van der Waals surface area contributed by atoms with Gasteiger partial charge >= 0.3 is 5.97 Å². The second kappa shape index (κ2) is 8.37. The molecule has 2 heterocycles. The fourth-order valence-electron chi connectivity index (χ4n) is 2.85. The summed E-state index contributed by atoms with van der Waals surface area (Å²) in [5.41, 5.74) is 1.21. The molecule has 0 saturated carbocycles. The van der Waals surface area contributed by atoms with Gasteiger partial charge in [0.1, 0.15) is 10.4 Å². The number of halogens is 1. The Labute approximate surface area is 171 Å². The lowest BCUT2D eigenvalue weighted by molar-refractivity contribution is -0.145. The van der Waals surface area contributed by atoms with Crippen molar-refractivity contribution in [2.24, 2.45) is 0 Å². The average molecular weight is 421 g/mol. The number of fused-ring (bicyclic) bond motifs is 1. The first-order valence-electron chi connectivity index (χ1n) is 8.47. The molecule has 1 N–H and O–H groups in total. The molecule has 1 saturated heterocycles. The van der Waals surface area contributed by atoms with Gasteiger partial charge in [0.15, 0.2) is 0 Å². The Balaban J connectivity index is 1.92. The van der Waals surface area contributed by atoms with Crippen molar-refractivity contribution in [1.29, 1.82) is 0 Å². The normalized spacial score (nSPS) is 17.1. The smallest absolute Gasteiger partial charge is 0.326 e. The van der Waals surface area contributed by atoms with Crippen molar-refractivity contribution in [2.75, 3.05) is 0 Å². The van der Waals surface area contributed by atoms with Crippen molar-refractivity contribution >= 4 is 68.8 Å². The van der Waals surface area contributed by atoms with Crippen LogP contribution in [0, 0.1) is 0 Å². The number of carboxylic acids is 1. The second-order valence-corrected chi connectivity index (χ2v) is 8.18. The maximum Gasteiger partial charge on any atom is 0.326 e. The zero-order valence-corrected chi connectivity index (χ0v) is 16.9. The molecular weight excluding hydrogens is 404 g/mol. The highest BCUT2D eigenvalue weighted by Gasteiger charge is 2.40. The number of amides is 1. The molecule has 0 spiro atoms. The molecule has 3 rings (SSSR count). The van der Waals surface area contributed by atoms with E-state index in [1.807, 2.05) is 25.1 Å². The van der Waals surface area contributed by atoms with Crippen LogP contribution in [-0.2, 0) is 9.59 Å². The van der Waals surface area contributed by atoms with E-state index in [0.29, 0.717) is 34.0 Å². The molecular formula is C19H17ClN2O3S2. The van der Waals surface area contributed by atoms with Gasteiger partial charge in [0.25, 0.3) is 5.91 Å². The Kier molecular flexibility index (Phi) is 6.14. The third-order valence-corrected chi connectivity index (χ3v) is 5.86. The second-order valence-electron chi connectivity index (χ2n) is 6.10. The number of rotatable bonds is 6. The maximum absolute atomic E-state index is 12.8. The summed E-state index contributed by atoms with van der Waals surface area (Å²) >= 11 is 12.6. The zero-order valence-electron chi connectivity index (χ0n) is 14.5. The Morgan fingerprint density at radius 1 is 1.41 bits per heavy atom. The van der Waals surface area contributed by atoms with Crippen LogP contribution in [0.15, 0.2) is 35.2 Å². The average Bonchev–Trinajstić information content (AvgIpc) is 2.90. The molecule has 0 aliphatic carbocycles. The highest BCUT2D eigenvalue weighted by molar-refractivity contribution is 8.26. The quantitative estimate of drug-likeness (QED) is 0.538. The lowest BCUT2D eigenvalue weighted by Crippen LogP contribution is -2.43. The fourth-order valence-corrected chi connectivity index (χ4v) is 4.42. The van der Waals surface area contributed by atoms with Crippen molar-refractivity contribution < 1.29 is 14.7 Å². The van der Waals surface area contributed by atoms with Gasteiger partial charge in [0.2, 0.25) is 0 Å². The van der Waals surface area contributed by atoms with Crippen molar-refractivity contribution in [3.63, 3.8) is 0 Å². The minimum absolute atomic E-state index is 0.258. The molecule has 140 valence electrons. The Bertz CT molecular complexity index is 961. The molecule has 1 fully saturated rings. The lowest BCUT2D eigenvalue weighted by Gasteiger charge is -2.22. The highest BCUT2D eigenvalue weighted by Crippen LogP contribution is 2.35. The molecule has 27 heavy (non-hydrogen) atoms. The van der Waals surface area contributed by atoms with Crippen molar-refractivity contribution in [3.05, 3.63) is 46.0 Å². The number of unbranched alkanes of at least 4 members (excludes halogenated alkanes) is 1. The van der Waals surface area contributed by atoms with Crippen LogP contribution in [0.5, 0.6) is 0 Å². The van der Waals surface area contributed by atoms with Gasteiger partial charge < -0.3 is 5.11 Å². The van der Waals surface area contributed by atoms with Crippen LogP contribution in [0.2, 0.25) is 5.02 Å². The summed E-state index contributed by atoms with van der Waals surface area (Å²) in [4.78, 5) is 30.5. The van der Waals surface area contributed by atoms with Crippen molar-refractivity contribution in [2.45, 2.75) is 32.2 Å². The van der Waals surface area contributed by atoms with E-state index in [0.717, 1.165) is 23.6 Å². The van der Waals surface area contributed by atoms with Crippen LogP contribution >= 0.6 is 35.6 Å². The third kappa shape index (κ3) is 4.15. The SMILES string of the molecule is CCCC[C@@H](C(=O)O)N1C(=O)/C(=C\c2ccc3cccc(Cl)c3n2)SC1=S. The number of benzene rings is 1. The predicted octanol–water partition coefficient (Wildman–Crippen LogP) is 4.73. The summed E-state index contributed by atoms with van der Waals surface area (Å²) in [5.74, 6) is -1.44. The van der Waals surface area contributed by atoms with Gasteiger partial charge in [0.05, 0.1) is 21.1 Å². The van der Waals surface area contributed by atoms with E-state index in [1.165, 1.54) is 4.90 Å². The van der Waals surface area contributed by atoms with Gasteiger partial charge in [-0.25, -0.2) is 9.78 Å². The molecule has 0 radical (unpaired) electrons. The topological polar surface area (TPSA) is 70.5 Å². The summed E-state index contributed by atoms with van der Waals surface area (Å²) in [5, 5.41) is 10.9. The van der Waals surface area contributed by atoms with Crippen LogP contribution < -0.4 is 0 Å². The van der Waals surface area contributed by atoms with Crippen LogP contribution in [0.25, 0.3) is 17.0 Å². The number of para-hydroxylation sites is 1. The number of carbonyl (C=O) groups is 2. The van der Waals surface area contributed by atoms with E-state index in [-0.39, 0.29) is 4.32 Å². The number of carboxylic acid groups (broad SMARTS) is 1. The van der Waals surface area contributed by atoms with E-state index in [2.05, 4.69) is 4.98 Å². The van der Waals surface area contributed by atoms with Crippen LogP contribution in [0.1, 0.15) is 31.9 Å². The number of nitrogens with zero attached hydrogens (tertiary/aromatic N) is 2. The first-order valence-corrected chi connectivity index (χ1v) is 10.1. The van der Waals surface area contributed by atoms with Gasteiger partial charge in [-0.3, -0.25) is 9.69 Å².